The fourth-order valence-electron chi connectivity index (χ4n) is 2.45. The summed E-state index contributed by atoms with van der Waals surface area (Å²) in [6.45, 7) is -0.0877. The van der Waals surface area contributed by atoms with Crippen molar-refractivity contribution in [1.82, 2.24) is 4.90 Å². The molecule has 0 fully saturated rings. The molecule has 2 amide bonds. The summed E-state index contributed by atoms with van der Waals surface area (Å²) >= 11 is 0. The van der Waals surface area contributed by atoms with E-state index >= 15 is 0 Å². The van der Waals surface area contributed by atoms with Gasteiger partial charge in [-0.1, -0.05) is 6.07 Å². The fraction of sp³-hybridized carbons (Fsp3) is 0.238. The topological polar surface area (TPSA) is 77.1 Å². The van der Waals surface area contributed by atoms with Gasteiger partial charge in [-0.3, -0.25) is 9.59 Å². The number of methoxy groups -OCH3 is 3. The molecule has 7 heteroatoms. The Bertz CT molecular complexity index is 864. The highest BCUT2D eigenvalue weighted by molar-refractivity contribution is 5.98. The SMILES string of the molecule is COc1cccc(NC(=O)CN(C)C(=O)C=Cc2cc(OC)ccc2OC)c1. The van der Waals surface area contributed by atoms with E-state index < -0.39 is 0 Å². The summed E-state index contributed by atoms with van der Waals surface area (Å²) in [7, 11) is 6.23. The number of likely N-dealkylation sites (N-methyl/N-ethyl adjacent to an activating group) is 1. The second kappa shape index (κ2) is 10.0. The molecule has 148 valence electrons. The Hall–Kier alpha value is -3.48. The Labute approximate surface area is 164 Å². The van der Waals surface area contributed by atoms with Crippen molar-refractivity contribution in [3.63, 3.8) is 0 Å². The smallest absolute Gasteiger partial charge is 0.246 e. The standard InChI is InChI=1S/C21H24N2O5/c1-23(14-20(24)22-16-6-5-7-17(13-16)26-2)21(25)11-8-15-12-18(27-3)9-10-19(15)28-4/h5-13H,14H2,1-4H3,(H,22,24). The van der Waals surface area contributed by atoms with Crippen LogP contribution in [0.4, 0.5) is 5.69 Å². The van der Waals surface area contributed by atoms with Crippen LogP contribution < -0.4 is 19.5 Å². The van der Waals surface area contributed by atoms with Crippen LogP contribution in [0.3, 0.4) is 0 Å². The third-order valence-electron chi connectivity index (χ3n) is 3.95. The lowest BCUT2D eigenvalue weighted by Gasteiger charge is -2.15. The summed E-state index contributed by atoms with van der Waals surface area (Å²) < 4.78 is 15.6. The van der Waals surface area contributed by atoms with E-state index in [1.165, 1.54) is 11.0 Å². The fourth-order valence-corrected chi connectivity index (χ4v) is 2.45. The van der Waals surface area contributed by atoms with Crippen LogP contribution in [0.1, 0.15) is 5.56 Å². The molecule has 0 aliphatic rings. The van der Waals surface area contributed by atoms with Crippen LogP contribution in [0.2, 0.25) is 0 Å². The Morgan fingerprint density at radius 2 is 1.71 bits per heavy atom. The molecular formula is C21H24N2O5. The van der Waals surface area contributed by atoms with Crippen LogP contribution in [0.25, 0.3) is 6.08 Å². The van der Waals surface area contributed by atoms with Crippen molar-refractivity contribution in [3.8, 4) is 17.2 Å². The van der Waals surface area contributed by atoms with Gasteiger partial charge >= 0.3 is 0 Å². The zero-order chi connectivity index (χ0) is 20.5. The predicted molar refractivity (Wildman–Crippen MR) is 108 cm³/mol. The van der Waals surface area contributed by atoms with Crippen molar-refractivity contribution in [2.45, 2.75) is 0 Å². The van der Waals surface area contributed by atoms with Crippen LogP contribution in [-0.4, -0.2) is 51.6 Å². The van der Waals surface area contributed by atoms with Gasteiger partial charge in [0.05, 0.1) is 27.9 Å². The number of carbonyl (C=O) groups excluding carboxylic acids is 2. The molecule has 1 N–H and O–H groups in total. The van der Waals surface area contributed by atoms with Crippen molar-refractivity contribution >= 4 is 23.6 Å². The summed E-state index contributed by atoms with van der Waals surface area (Å²) in [6, 6.07) is 12.3. The summed E-state index contributed by atoms with van der Waals surface area (Å²) in [6.07, 6.45) is 3.01. The van der Waals surface area contributed by atoms with Gasteiger partial charge in [0.1, 0.15) is 17.2 Å². The van der Waals surface area contributed by atoms with Crippen LogP contribution in [0.5, 0.6) is 17.2 Å². The lowest BCUT2D eigenvalue weighted by atomic mass is 10.1. The maximum atomic E-state index is 12.3. The summed E-state index contributed by atoms with van der Waals surface area (Å²) in [4.78, 5) is 25.8. The van der Waals surface area contributed by atoms with Crippen molar-refractivity contribution in [2.24, 2.45) is 0 Å². The summed E-state index contributed by atoms with van der Waals surface area (Å²) in [5, 5.41) is 2.74. The highest BCUT2D eigenvalue weighted by atomic mass is 16.5. The molecule has 0 atom stereocenters. The second-order valence-corrected chi connectivity index (χ2v) is 5.92. The molecule has 0 aliphatic carbocycles. The van der Waals surface area contributed by atoms with Crippen LogP contribution in [0.15, 0.2) is 48.5 Å². The van der Waals surface area contributed by atoms with Gasteiger partial charge in [-0.2, -0.15) is 0 Å². The molecule has 0 saturated carbocycles. The van der Waals surface area contributed by atoms with E-state index in [4.69, 9.17) is 14.2 Å². The third kappa shape index (κ3) is 5.77. The minimum atomic E-state index is -0.314. The normalized spacial score (nSPS) is 10.4. The van der Waals surface area contributed by atoms with Crippen molar-refractivity contribution in [3.05, 3.63) is 54.1 Å². The second-order valence-electron chi connectivity index (χ2n) is 5.92. The number of nitrogens with one attached hydrogen (secondary N) is 1. The number of amides is 2. The number of hydrogen-bond acceptors (Lipinski definition) is 5. The van der Waals surface area contributed by atoms with Gasteiger partial charge in [0, 0.05) is 30.4 Å². The number of ether oxygens (including phenoxy) is 3. The first-order valence-corrected chi connectivity index (χ1v) is 8.56. The van der Waals surface area contributed by atoms with Crippen molar-refractivity contribution in [1.29, 1.82) is 0 Å². The Kier molecular flexibility index (Phi) is 7.45. The van der Waals surface area contributed by atoms with E-state index in [0.29, 0.717) is 28.5 Å². The van der Waals surface area contributed by atoms with E-state index in [0.717, 1.165) is 0 Å². The maximum absolute atomic E-state index is 12.3. The minimum Gasteiger partial charge on any atom is -0.497 e. The number of benzene rings is 2. The molecule has 2 aromatic carbocycles. The zero-order valence-corrected chi connectivity index (χ0v) is 16.4. The van der Waals surface area contributed by atoms with Crippen LogP contribution in [-0.2, 0) is 9.59 Å². The zero-order valence-electron chi connectivity index (χ0n) is 16.4. The minimum absolute atomic E-state index is 0.0877. The van der Waals surface area contributed by atoms with Crippen molar-refractivity contribution in [2.75, 3.05) is 40.2 Å². The average Bonchev–Trinajstić information content (AvgIpc) is 2.71. The lowest BCUT2D eigenvalue weighted by molar-refractivity contribution is -0.129. The average molecular weight is 384 g/mol. The largest absolute Gasteiger partial charge is 0.497 e. The Morgan fingerprint density at radius 3 is 2.39 bits per heavy atom. The highest BCUT2D eigenvalue weighted by Gasteiger charge is 2.11. The number of anilines is 1. The maximum Gasteiger partial charge on any atom is 0.246 e. The van der Waals surface area contributed by atoms with Gasteiger partial charge in [-0.05, 0) is 36.4 Å². The van der Waals surface area contributed by atoms with Gasteiger partial charge in [0.15, 0.2) is 0 Å². The first kappa shape index (κ1) is 20.8. The predicted octanol–water partition coefficient (Wildman–Crippen LogP) is 2.82. The van der Waals surface area contributed by atoms with Gasteiger partial charge in [0.25, 0.3) is 0 Å². The van der Waals surface area contributed by atoms with Gasteiger partial charge in [0.2, 0.25) is 11.8 Å². The van der Waals surface area contributed by atoms with Crippen LogP contribution >= 0.6 is 0 Å². The molecule has 0 aromatic heterocycles. The number of hydrogen-bond donors (Lipinski definition) is 1. The van der Waals surface area contributed by atoms with E-state index in [9.17, 15) is 9.59 Å². The Balaban J connectivity index is 1.98. The first-order chi connectivity index (χ1) is 13.5. The molecule has 0 radical (unpaired) electrons. The Morgan fingerprint density at radius 1 is 1.00 bits per heavy atom. The monoisotopic (exact) mass is 384 g/mol. The first-order valence-electron chi connectivity index (χ1n) is 8.56. The van der Waals surface area contributed by atoms with Gasteiger partial charge < -0.3 is 24.4 Å². The molecule has 2 rings (SSSR count). The van der Waals surface area contributed by atoms with Gasteiger partial charge in [-0.15, -0.1) is 0 Å². The van der Waals surface area contributed by atoms with Crippen molar-refractivity contribution < 1.29 is 23.8 Å². The highest BCUT2D eigenvalue weighted by Crippen LogP contribution is 2.25. The molecule has 0 aliphatic heterocycles. The molecule has 7 nitrogen and oxygen atoms in total. The molecule has 2 aromatic rings. The molecule has 0 bridgehead atoms. The van der Waals surface area contributed by atoms with Gasteiger partial charge in [-0.25, -0.2) is 0 Å². The molecule has 0 saturated heterocycles. The van der Waals surface area contributed by atoms with E-state index in [1.54, 1.807) is 76.9 Å². The molecule has 28 heavy (non-hydrogen) atoms. The van der Waals surface area contributed by atoms with E-state index in [-0.39, 0.29) is 18.4 Å². The number of carbonyl (C=O) groups is 2. The molecule has 0 spiro atoms. The van der Waals surface area contributed by atoms with E-state index in [2.05, 4.69) is 5.32 Å². The molecular weight excluding hydrogens is 360 g/mol. The summed E-state index contributed by atoms with van der Waals surface area (Å²) in [5.41, 5.74) is 1.30. The molecule has 0 unspecified atom stereocenters. The third-order valence-corrected chi connectivity index (χ3v) is 3.95. The van der Waals surface area contributed by atoms with Crippen LogP contribution in [0, 0.1) is 0 Å². The summed E-state index contributed by atoms with van der Waals surface area (Å²) in [5.74, 6) is 1.28. The number of nitrogens with zero attached hydrogens (tertiary/aromatic N) is 1. The quantitative estimate of drug-likeness (QED) is 0.708. The lowest BCUT2D eigenvalue weighted by Crippen LogP contribution is -2.33. The molecule has 0 heterocycles. The number of rotatable bonds is 8. The van der Waals surface area contributed by atoms with E-state index in [1.807, 2.05) is 0 Å².